The lowest BCUT2D eigenvalue weighted by Gasteiger charge is -2.27. The second-order valence-corrected chi connectivity index (χ2v) is 6.70. The molecule has 0 spiro atoms. The third-order valence-corrected chi connectivity index (χ3v) is 3.76. The highest BCUT2D eigenvalue weighted by Gasteiger charge is 2.37. The van der Waals surface area contributed by atoms with Crippen LogP contribution >= 0.6 is 0 Å². The molecule has 0 aromatic heterocycles. The molecule has 21 heavy (non-hydrogen) atoms. The number of esters is 1. The summed E-state index contributed by atoms with van der Waals surface area (Å²) in [4.78, 5) is 39.1. The fourth-order valence-electron chi connectivity index (χ4n) is 2.82. The molecule has 0 aromatic rings. The van der Waals surface area contributed by atoms with E-state index in [9.17, 15) is 14.4 Å². The van der Waals surface area contributed by atoms with E-state index in [1.165, 1.54) is 4.90 Å². The summed E-state index contributed by atoms with van der Waals surface area (Å²) in [6, 6.07) is -0.370. The Morgan fingerprint density at radius 1 is 1.24 bits per heavy atom. The van der Waals surface area contributed by atoms with Gasteiger partial charge in [0.25, 0.3) is 0 Å². The van der Waals surface area contributed by atoms with E-state index in [0.29, 0.717) is 25.9 Å². The molecule has 1 atom stereocenters. The number of ether oxygens (including phenoxy) is 1. The van der Waals surface area contributed by atoms with Crippen LogP contribution < -0.4 is 0 Å². The summed E-state index contributed by atoms with van der Waals surface area (Å²) in [5, 5.41) is 0. The van der Waals surface area contributed by atoms with Gasteiger partial charge >= 0.3 is 5.97 Å². The maximum Gasteiger partial charge on any atom is 0.323 e. The summed E-state index contributed by atoms with van der Waals surface area (Å²) in [5.74, 6) is -0.582. The molecule has 0 aromatic carbocycles. The van der Waals surface area contributed by atoms with Crippen molar-refractivity contribution in [2.24, 2.45) is 0 Å². The first kappa shape index (κ1) is 15.9. The lowest BCUT2D eigenvalue weighted by molar-refractivity contribution is -0.160. The van der Waals surface area contributed by atoms with Gasteiger partial charge < -0.3 is 4.74 Å². The number of hydrogen-bond acceptors (Lipinski definition) is 5. The number of carbonyl (C=O) groups excluding carboxylic acids is 3. The number of carbonyl (C=O) groups is 3. The summed E-state index contributed by atoms with van der Waals surface area (Å²) < 4.78 is 5.41. The predicted octanol–water partition coefficient (Wildman–Crippen LogP) is 0.942. The average Bonchev–Trinajstić information content (AvgIpc) is 2.95. The van der Waals surface area contributed by atoms with Crippen LogP contribution in [0.5, 0.6) is 0 Å². The van der Waals surface area contributed by atoms with E-state index in [1.54, 1.807) is 0 Å². The zero-order chi connectivity index (χ0) is 15.6. The zero-order valence-electron chi connectivity index (χ0n) is 13.1. The molecule has 2 aliphatic rings. The van der Waals surface area contributed by atoms with E-state index in [2.05, 4.69) is 0 Å². The van der Waals surface area contributed by atoms with Crippen molar-refractivity contribution in [3.63, 3.8) is 0 Å². The van der Waals surface area contributed by atoms with Crippen molar-refractivity contribution in [2.45, 2.75) is 58.1 Å². The summed E-state index contributed by atoms with van der Waals surface area (Å²) in [7, 11) is 0. The highest BCUT2D eigenvalue weighted by atomic mass is 16.6. The van der Waals surface area contributed by atoms with Crippen molar-refractivity contribution in [3.05, 3.63) is 0 Å². The molecule has 2 rings (SSSR count). The van der Waals surface area contributed by atoms with Crippen molar-refractivity contribution in [2.75, 3.05) is 19.6 Å². The van der Waals surface area contributed by atoms with Gasteiger partial charge in [-0.15, -0.1) is 0 Å². The van der Waals surface area contributed by atoms with Crippen LogP contribution in [-0.2, 0) is 19.1 Å². The molecule has 2 fully saturated rings. The fourth-order valence-corrected chi connectivity index (χ4v) is 2.82. The van der Waals surface area contributed by atoms with Gasteiger partial charge in [0.2, 0.25) is 11.8 Å². The molecule has 2 aliphatic heterocycles. The van der Waals surface area contributed by atoms with Crippen LogP contribution in [0.4, 0.5) is 0 Å². The van der Waals surface area contributed by atoms with Gasteiger partial charge in [-0.1, -0.05) is 0 Å². The summed E-state index contributed by atoms with van der Waals surface area (Å²) >= 11 is 0. The molecule has 0 saturated carbocycles. The molecule has 2 heterocycles. The first-order chi connectivity index (χ1) is 9.78. The number of likely N-dealkylation sites (tertiary alicyclic amines) is 2. The standard InChI is InChI=1S/C15H24N2O4/c1-15(2,3)21-14(20)11-6-4-8-16(11)10-13(19)17-9-5-7-12(17)18/h11H,4-10H2,1-3H3/t11-/m0/s1. The molecule has 6 heteroatoms. The number of imide groups is 1. The van der Waals surface area contributed by atoms with Crippen molar-refractivity contribution in [1.29, 1.82) is 0 Å². The fraction of sp³-hybridized carbons (Fsp3) is 0.800. The first-order valence-electron chi connectivity index (χ1n) is 7.58. The zero-order valence-corrected chi connectivity index (χ0v) is 13.1. The normalized spacial score (nSPS) is 23.7. The number of rotatable bonds is 3. The molecule has 0 unspecified atom stereocenters. The van der Waals surface area contributed by atoms with Gasteiger partial charge in [-0.2, -0.15) is 0 Å². The van der Waals surface area contributed by atoms with Crippen LogP contribution in [0.2, 0.25) is 0 Å². The van der Waals surface area contributed by atoms with Crippen LogP contribution in [0.1, 0.15) is 46.5 Å². The Morgan fingerprint density at radius 3 is 2.52 bits per heavy atom. The van der Waals surface area contributed by atoms with Crippen LogP contribution in [0, 0.1) is 0 Å². The third-order valence-electron chi connectivity index (χ3n) is 3.76. The van der Waals surface area contributed by atoms with Gasteiger partial charge in [-0.05, 0) is 46.6 Å². The Kier molecular flexibility index (Phi) is 4.66. The Hall–Kier alpha value is -1.43. The molecular formula is C15H24N2O4. The smallest absolute Gasteiger partial charge is 0.323 e. The van der Waals surface area contributed by atoms with Crippen LogP contribution in [0.15, 0.2) is 0 Å². The summed E-state index contributed by atoms with van der Waals surface area (Å²) in [6.45, 7) is 6.81. The minimum atomic E-state index is -0.528. The van der Waals surface area contributed by atoms with Gasteiger partial charge in [0.05, 0.1) is 6.54 Å². The van der Waals surface area contributed by atoms with Crippen molar-refractivity contribution in [1.82, 2.24) is 9.80 Å². The van der Waals surface area contributed by atoms with Crippen molar-refractivity contribution >= 4 is 17.8 Å². The molecule has 0 radical (unpaired) electrons. The number of hydrogen-bond donors (Lipinski definition) is 0. The van der Waals surface area contributed by atoms with E-state index < -0.39 is 5.60 Å². The van der Waals surface area contributed by atoms with Gasteiger partial charge in [-0.25, -0.2) is 0 Å². The lowest BCUT2D eigenvalue weighted by atomic mass is 10.1. The van der Waals surface area contributed by atoms with Gasteiger partial charge in [-0.3, -0.25) is 24.2 Å². The van der Waals surface area contributed by atoms with Gasteiger partial charge in [0.15, 0.2) is 0 Å². The van der Waals surface area contributed by atoms with Gasteiger partial charge in [0, 0.05) is 13.0 Å². The minimum Gasteiger partial charge on any atom is -0.459 e. The summed E-state index contributed by atoms with van der Waals surface area (Å²) in [5.41, 5.74) is -0.528. The molecule has 0 bridgehead atoms. The Bertz CT molecular complexity index is 441. The second-order valence-electron chi connectivity index (χ2n) is 6.70. The average molecular weight is 296 g/mol. The maximum absolute atomic E-state index is 12.2. The topological polar surface area (TPSA) is 66.9 Å². The van der Waals surface area contributed by atoms with E-state index in [4.69, 9.17) is 4.74 Å². The van der Waals surface area contributed by atoms with E-state index >= 15 is 0 Å². The third kappa shape index (κ3) is 4.03. The molecule has 0 N–H and O–H groups in total. The molecule has 118 valence electrons. The van der Waals surface area contributed by atoms with Crippen molar-refractivity contribution < 1.29 is 19.1 Å². The monoisotopic (exact) mass is 296 g/mol. The van der Waals surface area contributed by atoms with Crippen LogP contribution in [-0.4, -0.2) is 58.9 Å². The minimum absolute atomic E-state index is 0.104. The summed E-state index contributed by atoms with van der Waals surface area (Å²) in [6.07, 6.45) is 2.75. The SMILES string of the molecule is CC(C)(C)OC(=O)[C@@H]1CCCN1CC(=O)N1CCCC1=O. The number of amides is 2. The quantitative estimate of drug-likeness (QED) is 0.725. The highest BCUT2D eigenvalue weighted by molar-refractivity contribution is 5.97. The molecule has 6 nitrogen and oxygen atoms in total. The Morgan fingerprint density at radius 2 is 1.95 bits per heavy atom. The predicted molar refractivity (Wildman–Crippen MR) is 76.4 cm³/mol. The highest BCUT2D eigenvalue weighted by Crippen LogP contribution is 2.21. The molecule has 2 amide bonds. The van der Waals surface area contributed by atoms with E-state index in [-0.39, 0.29) is 30.4 Å². The van der Waals surface area contributed by atoms with Crippen LogP contribution in [0.25, 0.3) is 0 Å². The number of nitrogens with zero attached hydrogens (tertiary/aromatic N) is 2. The van der Waals surface area contributed by atoms with E-state index in [0.717, 1.165) is 12.8 Å². The molecule has 0 aliphatic carbocycles. The van der Waals surface area contributed by atoms with E-state index in [1.807, 2.05) is 25.7 Å². The first-order valence-corrected chi connectivity index (χ1v) is 7.58. The van der Waals surface area contributed by atoms with Crippen LogP contribution in [0.3, 0.4) is 0 Å². The lowest BCUT2D eigenvalue weighted by Crippen LogP contribution is -2.46. The van der Waals surface area contributed by atoms with Gasteiger partial charge in [0.1, 0.15) is 11.6 Å². The Labute approximate surface area is 125 Å². The second kappa shape index (κ2) is 6.13. The Balaban J connectivity index is 1.94. The van der Waals surface area contributed by atoms with Crippen molar-refractivity contribution in [3.8, 4) is 0 Å². The largest absolute Gasteiger partial charge is 0.459 e. The maximum atomic E-state index is 12.2. The molecule has 2 saturated heterocycles. The molecular weight excluding hydrogens is 272 g/mol.